The van der Waals surface area contributed by atoms with E-state index in [4.69, 9.17) is 20.0 Å². The number of nitrogens with zero attached hydrogens (tertiary/aromatic N) is 2. The summed E-state index contributed by atoms with van der Waals surface area (Å²) < 4.78 is 11.4. The smallest absolute Gasteiger partial charge is 0.0927 e. The van der Waals surface area contributed by atoms with Crippen LogP contribution in [0, 0.1) is 28.6 Å². The minimum absolute atomic E-state index is 0.00433. The van der Waals surface area contributed by atoms with Gasteiger partial charge in [0.05, 0.1) is 43.5 Å². The third kappa shape index (κ3) is 4.05. The molecule has 0 radical (unpaired) electrons. The van der Waals surface area contributed by atoms with E-state index in [2.05, 4.69) is 30.9 Å². The van der Waals surface area contributed by atoms with E-state index < -0.39 is 0 Å². The molecule has 112 valence electrons. The number of allylic oxidation sites excluding steroid dienone is 1. The third-order valence-electron chi connectivity index (χ3n) is 3.62. The zero-order valence-electron chi connectivity index (χ0n) is 12.3. The summed E-state index contributed by atoms with van der Waals surface area (Å²) in [7, 11) is 0. The lowest BCUT2D eigenvalue weighted by molar-refractivity contribution is 0.0909. The Kier molecular flexibility index (Phi) is 5.91. The fraction of sp³-hybridized carbons (Fsp3) is 0.333. The molecule has 0 aromatic heterocycles. The number of nitriles is 2. The second kappa shape index (κ2) is 8.14. The molecule has 3 atom stereocenters. The van der Waals surface area contributed by atoms with Crippen LogP contribution in [0.25, 0.3) is 0 Å². The lowest BCUT2D eigenvalue weighted by Crippen LogP contribution is -2.15. The first kappa shape index (κ1) is 16.0. The van der Waals surface area contributed by atoms with Gasteiger partial charge < -0.3 is 9.47 Å². The maximum Gasteiger partial charge on any atom is 0.0927 e. The van der Waals surface area contributed by atoms with Crippen LogP contribution in [-0.2, 0) is 16.1 Å². The molecule has 0 amide bonds. The van der Waals surface area contributed by atoms with Crippen molar-refractivity contribution in [3.63, 3.8) is 0 Å². The number of fused-ring (bicyclic) bond motifs is 2. The van der Waals surface area contributed by atoms with Crippen molar-refractivity contribution in [3.8, 4) is 12.1 Å². The second-order valence-electron chi connectivity index (χ2n) is 5.11. The molecular formula is C18H18N2O2. The highest BCUT2D eigenvalue weighted by molar-refractivity contribution is 5.25. The Labute approximate surface area is 130 Å². The van der Waals surface area contributed by atoms with Crippen molar-refractivity contribution in [2.45, 2.75) is 25.2 Å². The predicted octanol–water partition coefficient (Wildman–Crippen LogP) is 3.14. The first-order valence-corrected chi connectivity index (χ1v) is 7.16. The molecule has 2 aliphatic heterocycles. The van der Waals surface area contributed by atoms with Crippen LogP contribution in [0.4, 0.5) is 0 Å². The molecule has 2 heterocycles. The zero-order valence-corrected chi connectivity index (χ0v) is 12.3. The van der Waals surface area contributed by atoms with Gasteiger partial charge in [0.2, 0.25) is 0 Å². The van der Waals surface area contributed by atoms with E-state index in [1.807, 2.05) is 18.2 Å². The van der Waals surface area contributed by atoms with Crippen molar-refractivity contribution in [2.24, 2.45) is 5.92 Å². The molecule has 2 aliphatic rings. The molecule has 3 unspecified atom stereocenters. The molecule has 1 fully saturated rings. The minimum atomic E-state index is -0.00433. The lowest BCUT2D eigenvalue weighted by atomic mass is 9.91. The van der Waals surface area contributed by atoms with Gasteiger partial charge in [-0.1, -0.05) is 43.0 Å². The fourth-order valence-corrected chi connectivity index (χ4v) is 2.55. The maximum absolute atomic E-state index is 8.91. The number of hydrogen-bond acceptors (Lipinski definition) is 4. The Morgan fingerprint density at radius 2 is 2.00 bits per heavy atom. The van der Waals surface area contributed by atoms with Gasteiger partial charge in [-0.15, -0.1) is 0 Å². The predicted molar refractivity (Wildman–Crippen MR) is 82.4 cm³/mol. The molecule has 2 bridgehead atoms. The fourth-order valence-electron chi connectivity index (χ4n) is 2.55. The van der Waals surface area contributed by atoms with Gasteiger partial charge in [0.25, 0.3) is 0 Å². The summed E-state index contributed by atoms with van der Waals surface area (Å²) in [6, 6.07) is 14.1. The van der Waals surface area contributed by atoms with E-state index in [1.165, 1.54) is 17.2 Å². The summed E-state index contributed by atoms with van der Waals surface area (Å²) in [5, 5.41) is 16.4. The first-order valence-electron chi connectivity index (χ1n) is 7.16. The van der Waals surface area contributed by atoms with Crippen molar-refractivity contribution in [3.05, 3.63) is 60.2 Å². The van der Waals surface area contributed by atoms with Crippen molar-refractivity contribution < 1.29 is 9.47 Å². The molecule has 22 heavy (non-hydrogen) atoms. The van der Waals surface area contributed by atoms with E-state index in [-0.39, 0.29) is 18.1 Å². The number of rotatable bonds is 4. The third-order valence-corrected chi connectivity index (χ3v) is 3.62. The van der Waals surface area contributed by atoms with Gasteiger partial charge >= 0.3 is 0 Å². The van der Waals surface area contributed by atoms with Gasteiger partial charge in [0, 0.05) is 6.08 Å². The van der Waals surface area contributed by atoms with E-state index >= 15 is 0 Å². The summed E-state index contributed by atoms with van der Waals surface area (Å²) in [5.41, 5.74) is 2.37. The number of ether oxygens (including phenoxy) is 2. The van der Waals surface area contributed by atoms with Crippen LogP contribution in [0.1, 0.15) is 12.0 Å². The first-order chi connectivity index (χ1) is 10.8. The molecule has 4 nitrogen and oxygen atoms in total. The Morgan fingerprint density at radius 3 is 2.55 bits per heavy atom. The van der Waals surface area contributed by atoms with Crippen LogP contribution >= 0.6 is 0 Å². The van der Waals surface area contributed by atoms with Gasteiger partial charge in [-0.3, -0.25) is 0 Å². The Hall–Kier alpha value is -2.40. The molecule has 0 saturated carbocycles. The Bertz CT molecular complexity index is 610. The van der Waals surface area contributed by atoms with Gasteiger partial charge in [-0.05, 0) is 17.6 Å². The van der Waals surface area contributed by atoms with Crippen LogP contribution in [-0.4, -0.2) is 18.8 Å². The largest absolute Gasteiger partial charge is 0.372 e. The van der Waals surface area contributed by atoms with E-state index in [1.54, 1.807) is 6.07 Å². The molecule has 1 aromatic carbocycles. The highest BCUT2D eigenvalue weighted by Crippen LogP contribution is 2.37. The average molecular weight is 294 g/mol. The van der Waals surface area contributed by atoms with Crippen molar-refractivity contribution in [2.75, 3.05) is 6.61 Å². The van der Waals surface area contributed by atoms with Gasteiger partial charge in [-0.2, -0.15) is 10.5 Å². The summed E-state index contributed by atoms with van der Waals surface area (Å²) in [6.07, 6.45) is 4.17. The minimum Gasteiger partial charge on any atom is -0.372 e. The molecular weight excluding hydrogens is 276 g/mol. The van der Waals surface area contributed by atoms with Crippen molar-refractivity contribution in [1.82, 2.24) is 0 Å². The SMILES string of the molecule is C=CC#N.N#CC1CC2OC1C=C2COCc1ccccc1. The number of hydrogen-bond donors (Lipinski definition) is 0. The van der Waals surface area contributed by atoms with Crippen LogP contribution in [0.15, 0.2) is 54.6 Å². The highest BCUT2D eigenvalue weighted by Gasteiger charge is 2.41. The second-order valence-corrected chi connectivity index (χ2v) is 5.11. The van der Waals surface area contributed by atoms with E-state index in [9.17, 15) is 0 Å². The van der Waals surface area contributed by atoms with Crippen molar-refractivity contribution in [1.29, 1.82) is 10.5 Å². The van der Waals surface area contributed by atoms with Crippen LogP contribution < -0.4 is 0 Å². The Morgan fingerprint density at radius 1 is 1.27 bits per heavy atom. The van der Waals surface area contributed by atoms with Gasteiger partial charge in [0.1, 0.15) is 0 Å². The molecule has 4 heteroatoms. The van der Waals surface area contributed by atoms with Crippen LogP contribution in [0.5, 0.6) is 0 Å². The summed E-state index contributed by atoms with van der Waals surface area (Å²) in [5.74, 6) is 0.0351. The topological polar surface area (TPSA) is 66.0 Å². The quantitative estimate of drug-likeness (QED) is 0.632. The summed E-state index contributed by atoms with van der Waals surface area (Å²) >= 11 is 0. The summed E-state index contributed by atoms with van der Waals surface area (Å²) in [6.45, 7) is 4.35. The molecule has 3 rings (SSSR count). The van der Waals surface area contributed by atoms with Crippen molar-refractivity contribution >= 4 is 0 Å². The molecule has 1 aromatic rings. The normalized spacial score (nSPS) is 24.5. The van der Waals surface area contributed by atoms with Crippen LogP contribution in [0.2, 0.25) is 0 Å². The van der Waals surface area contributed by atoms with E-state index in [0.29, 0.717) is 13.2 Å². The van der Waals surface area contributed by atoms with E-state index in [0.717, 1.165) is 6.42 Å². The molecule has 0 spiro atoms. The Balaban J connectivity index is 0.000000396. The lowest BCUT2D eigenvalue weighted by Gasteiger charge is -2.13. The molecule has 1 saturated heterocycles. The van der Waals surface area contributed by atoms with Gasteiger partial charge in [0.15, 0.2) is 0 Å². The average Bonchev–Trinajstić information content (AvgIpc) is 3.16. The molecule has 0 aliphatic carbocycles. The monoisotopic (exact) mass is 294 g/mol. The van der Waals surface area contributed by atoms with Gasteiger partial charge in [-0.25, -0.2) is 0 Å². The zero-order chi connectivity index (χ0) is 15.8. The summed E-state index contributed by atoms with van der Waals surface area (Å²) in [4.78, 5) is 0. The maximum atomic E-state index is 8.91. The highest BCUT2D eigenvalue weighted by atomic mass is 16.5. The van der Waals surface area contributed by atoms with Crippen LogP contribution in [0.3, 0.4) is 0 Å². The standard InChI is InChI=1S/C15H15NO2.C3H3N/c16-8-12-6-15-13(7-14(12)18-15)10-17-9-11-4-2-1-3-5-11;1-2-3-4/h1-5,7,12,14-15H,6,9-10H2;2H,1H2. The number of benzene rings is 1. The molecule has 0 N–H and O–H groups in total.